The molecule has 0 aliphatic carbocycles. The van der Waals surface area contributed by atoms with Crippen molar-refractivity contribution in [2.24, 2.45) is 0 Å². The van der Waals surface area contributed by atoms with Crippen molar-refractivity contribution in [1.29, 1.82) is 0 Å². The molecule has 278 valence electrons. The van der Waals surface area contributed by atoms with Gasteiger partial charge in [0, 0.05) is 9.40 Å². The molecule has 0 aliphatic rings. The van der Waals surface area contributed by atoms with Gasteiger partial charge in [-0.15, -0.1) is 22.7 Å². The first-order valence-electron chi connectivity index (χ1n) is 20.1. The Kier molecular flexibility index (Phi) is 17.3. The maximum atomic E-state index is 2.74. The van der Waals surface area contributed by atoms with E-state index >= 15 is 0 Å². The van der Waals surface area contributed by atoms with Crippen LogP contribution in [-0.4, -0.2) is 34.5 Å². The van der Waals surface area contributed by atoms with Crippen LogP contribution in [0.3, 0.4) is 0 Å². The summed E-state index contributed by atoms with van der Waals surface area (Å²) in [4.78, 5) is 0. The van der Waals surface area contributed by atoms with Crippen LogP contribution in [0.25, 0.3) is 18.8 Å². The first-order valence-corrected chi connectivity index (χ1v) is 35.4. The van der Waals surface area contributed by atoms with Crippen LogP contribution >= 0.6 is 45.3 Å². The van der Waals surface area contributed by atoms with Crippen molar-refractivity contribution in [1.82, 2.24) is 0 Å². The fourth-order valence-corrected chi connectivity index (χ4v) is 52.5. The van der Waals surface area contributed by atoms with Gasteiger partial charge in [-0.25, -0.2) is 0 Å². The molecule has 0 nitrogen and oxygen atoms in total. The van der Waals surface area contributed by atoms with Crippen LogP contribution in [0.5, 0.6) is 0 Å². The van der Waals surface area contributed by atoms with Crippen molar-refractivity contribution in [2.75, 3.05) is 0 Å². The van der Waals surface area contributed by atoms with Gasteiger partial charge in [-0.05, 0) is 38.6 Å². The van der Waals surface area contributed by atoms with E-state index in [4.69, 9.17) is 0 Å². The van der Waals surface area contributed by atoms with E-state index in [-0.39, 0.29) is 0 Å². The monoisotopic (exact) mass is 882 g/mol. The van der Waals surface area contributed by atoms with E-state index in [1.165, 1.54) is 47.9 Å². The minimum absolute atomic E-state index is 0.802. The number of hydrogen-bond donors (Lipinski definition) is 0. The summed E-state index contributed by atoms with van der Waals surface area (Å²) in [6.45, 7) is 36.9. The summed E-state index contributed by atoms with van der Waals surface area (Å²) in [7, 11) is -2.96. The predicted octanol–water partition coefficient (Wildman–Crippen LogP) is 15.8. The first-order chi connectivity index (χ1) is 23.1. The molecule has 49 heavy (non-hydrogen) atoms. The molecule has 4 rings (SSSR count). The normalized spacial score (nSPS) is 13.4. The summed E-state index contributed by atoms with van der Waals surface area (Å²) in [5.41, 5.74) is 4.84. The van der Waals surface area contributed by atoms with Crippen molar-refractivity contribution in [3.63, 3.8) is 0 Å². The van der Waals surface area contributed by atoms with E-state index < -0.39 is 34.5 Å². The summed E-state index contributed by atoms with van der Waals surface area (Å²) in [6.07, 6.45) is 8.49. The van der Waals surface area contributed by atoms with Crippen molar-refractivity contribution in [2.45, 2.75) is 189 Å². The first kappa shape index (κ1) is 44.0. The van der Waals surface area contributed by atoms with Crippen LogP contribution < -0.4 is 11.9 Å². The minimum atomic E-state index is -2.29. The molecule has 0 N–H and O–H groups in total. The second-order valence-corrected chi connectivity index (χ2v) is 47.9. The zero-order valence-corrected chi connectivity index (χ0v) is 42.5. The number of unbranched alkanes of at least 4 members (excludes halogenated alkanes) is 3. The van der Waals surface area contributed by atoms with Gasteiger partial charge in [-0.3, -0.25) is 0 Å². The maximum absolute atomic E-state index is 2.74. The summed E-state index contributed by atoms with van der Waals surface area (Å²) < 4.78 is 16.5. The van der Waals surface area contributed by atoms with Crippen LogP contribution in [0.1, 0.15) is 142 Å². The molecule has 0 bridgehead atoms. The Morgan fingerprint density at radius 2 is 0.857 bits per heavy atom. The molecule has 0 saturated carbocycles. The quantitative estimate of drug-likeness (QED) is 0.0874. The van der Waals surface area contributed by atoms with Crippen molar-refractivity contribution >= 4 is 111 Å². The molecule has 4 heterocycles. The molecule has 4 aromatic rings. The Morgan fingerprint density at radius 3 is 1.20 bits per heavy atom. The van der Waals surface area contributed by atoms with Gasteiger partial charge in [0.15, 0.2) is 0 Å². The predicted molar refractivity (Wildman–Crippen MR) is 245 cm³/mol. The molecule has 0 spiro atoms. The van der Waals surface area contributed by atoms with Gasteiger partial charge in [0.05, 0.1) is 0 Å². The SMILES string of the molecule is CC(C)[Si](c1cc2sccc2s1)(C(C)C)C(C)C.CCC[CH2][Sn]([CH2]CCC)([CH2]CCC)[c]1cc2sc([Si](C(C)C)(C(C)C)C(C)C)cc2s1. The third-order valence-corrected chi connectivity index (χ3v) is 50.9. The van der Waals surface area contributed by atoms with Crippen molar-refractivity contribution < 1.29 is 0 Å². The third kappa shape index (κ3) is 9.10. The summed E-state index contributed by atoms with van der Waals surface area (Å²) in [5, 5.41) is 2.22. The van der Waals surface area contributed by atoms with Gasteiger partial charge in [-0.1, -0.05) is 41.5 Å². The standard InChI is InChI=1S/C15H24S2Si.C15H23S2Si.3C4H9.Sn/c2*1-10(2)18(11(3)4,12(5)6)15-9-14-13(17-15)7-8-16-14;3*1-3-4-2;/h7-12H,1-6H3;7,9-12H,1-6H3;3*1,3-4H2,2H3;. The Labute approximate surface area is 326 Å². The zero-order chi connectivity index (χ0) is 36.7. The Balaban J connectivity index is 0.000000305. The van der Waals surface area contributed by atoms with E-state index in [0.717, 1.165) is 33.2 Å². The fourth-order valence-electron chi connectivity index (χ4n) is 10.3. The Morgan fingerprint density at radius 1 is 0.490 bits per heavy atom. The number of hydrogen-bond acceptors (Lipinski definition) is 4. The van der Waals surface area contributed by atoms with Crippen molar-refractivity contribution in [3.8, 4) is 0 Å². The molecule has 7 heteroatoms. The number of thiophene rings is 4. The molecular weight excluding hydrogens is 808 g/mol. The van der Waals surface area contributed by atoms with E-state index in [1.807, 2.05) is 14.2 Å². The Bertz CT molecular complexity index is 1410. The molecule has 0 unspecified atom stereocenters. The van der Waals surface area contributed by atoms with Crippen LogP contribution in [0.2, 0.25) is 46.6 Å². The van der Waals surface area contributed by atoms with E-state index in [1.54, 1.807) is 31.7 Å². The Hall–Kier alpha value is 0.552. The topological polar surface area (TPSA) is 0 Å². The number of rotatable bonds is 18. The third-order valence-electron chi connectivity index (χ3n) is 12.5. The molecule has 0 saturated heterocycles. The van der Waals surface area contributed by atoms with Gasteiger partial charge >= 0.3 is 209 Å². The van der Waals surface area contributed by atoms with Gasteiger partial charge in [0.2, 0.25) is 0 Å². The van der Waals surface area contributed by atoms with E-state index in [2.05, 4.69) is 168 Å². The molecule has 0 aliphatic heterocycles. The molecular formula is C42H74S4Si2Sn. The van der Waals surface area contributed by atoms with Gasteiger partial charge in [-0.2, -0.15) is 0 Å². The zero-order valence-electron chi connectivity index (χ0n) is 34.3. The van der Waals surface area contributed by atoms with Gasteiger partial charge in [0.25, 0.3) is 0 Å². The summed E-state index contributed by atoms with van der Waals surface area (Å²) in [6, 6.07) is 10.2. The summed E-state index contributed by atoms with van der Waals surface area (Å²) in [5.74, 6) is 0. The van der Waals surface area contributed by atoms with Crippen LogP contribution in [0.4, 0.5) is 0 Å². The van der Waals surface area contributed by atoms with E-state index in [0.29, 0.717) is 0 Å². The van der Waals surface area contributed by atoms with Gasteiger partial charge < -0.3 is 0 Å². The molecule has 0 aromatic carbocycles. The van der Waals surface area contributed by atoms with Gasteiger partial charge in [0.1, 0.15) is 8.07 Å². The van der Waals surface area contributed by atoms with Crippen LogP contribution in [0, 0.1) is 0 Å². The second kappa shape index (κ2) is 19.2. The average Bonchev–Trinajstić information content (AvgIpc) is 3.79. The molecule has 4 aromatic heterocycles. The molecule has 0 fully saturated rings. The summed E-state index contributed by atoms with van der Waals surface area (Å²) >= 11 is 6.12. The number of fused-ring (bicyclic) bond motifs is 2. The van der Waals surface area contributed by atoms with Crippen molar-refractivity contribution in [3.05, 3.63) is 29.6 Å². The molecule has 0 radical (unpaired) electrons. The van der Waals surface area contributed by atoms with Crippen LogP contribution in [-0.2, 0) is 0 Å². The second-order valence-electron chi connectivity index (χ2n) is 17.1. The fraction of sp³-hybridized carbons (Fsp3) is 0.714. The molecule has 0 amide bonds. The average molecular weight is 882 g/mol. The van der Waals surface area contributed by atoms with Crippen LogP contribution in [0.15, 0.2) is 29.6 Å². The molecule has 0 atom stereocenters. The van der Waals surface area contributed by atoms with E-state index in [9.17, 15) is 0 Å².